The lowest BCUT2D eigenvalue weighted by molar-refractivity contribution is 0.0974. The largest absolute Gasteiger partial charge is 0.316 e. The Balaban J connectivity index is 2.01. The molecule has 1 aromatic rings. The Labute approximate surface area is 110 Å². The zero-order chi connectivity index (χ0) is 13.1. The maximum atomic E-state index is 12.3. The van der Waals surface area contributed by atoms with Crippen LogP contribution in [0.5, 0.6) is 0 Å². The minimum absolute atomic E-state index is 0.308. The van der Waals surface area contributed by atoms with Gasteiger partial charge >= 0.3 is 0 Å². The quantitative estimate of drug-likeness (QED) is 0.825. The molecular formula is C16H23NO. The molecule has 0 bridgehead atoms. The molecule has 1 fully saturated rings. The van der Waals surface area contributed by atoms with E-state index in [4.69, 9.17) is 0 Å². The third-order valence-corrected chi connectivity index (χ3v) is 4.08. The second-order valence-electron chi connectivity index (χ2n) is 5.57. The summed E-state index contributed by atoms with van der Waals surface area (Å²) >= 11 is 0. The standard InChI is InChI=1S/C16H23NO/c1-11-8-13(3)15(9-12(11)2)16(18)5-4-14-6-7-17-10-14/h8-9,14,17H,4-7,10H2,1-3H3. The number of hydrogen-bond donors (Lipinski definition) is 1. The second-order valence-corrected chi connectivity index (χ2v) is 5.57. The molecule has 1 aromatic carbocycles. The van der Waals surface area contributed by atoms with Crippen molar-refractivity contribution in [3.63, 3.8) is 0 Å². The molecule has 98 valence electrons. The molecule has 0 aliphatic carbocycles. The summed E-state index contributed by atoms with van der Waals surface area (Å²) in [6, 6.07) is 4.18. The maximum Gasteiger partial charge on any atom is 0.163 e. The van der Waals surface area contributed by atoms with Crippen molar-refractivity contribution in [3.05, 3.63) is 34.4 Å². The van der Waals surface area contributed by atoms with Crippen LogP contribution in [0.15, 0.2) is 12.1 Å². The molecule has 1 heterocycles. The summed E-state index contributed by atoms with van der Waals surface area (Å²) in [5, 5.41) is 3.35. The number of hydrogen-bond acceptors (Lipinski definition) is 2. The van der Waals surface area contributed by atoms with E-state index in [0.29, 0.717) is 18.1 Å². The summed E-state index contributed by atoms with van der Waals surface area (Å²) in [4.78, 5) is 12.3. The van der Waals surface area contributed by atoms with Crippen LogP contribution in [-0.2, 0) is 0 Å². The summed E-state index contributed by atoms with van der Waals surface area (Å²) in [6.45, 7) is 8.41. The minimum Gasteiger partial charge on any atom is -0.316 e. The molecular weight excluding hydrogens is 222 g/mol. The third kappa shape index (κ3) is 2.99. The van der Waals surface area contributed by atoms with Gasteiger partial charge in [-0.25, -0.2) is 0 Å². The van der Waals surface area contributed by atoms with E-state index in [-0.39, 0.29) is 0 Å². The van der Waals surface area contributed by atoms with Crippen molar-refractivity contribution in [3.8, 4) is 0 Å². The van der Waals surface area contributed by atoms with E-state index in [1.54, 1.807) is 0 Å². The molecule has 1 saturated heterocycles. The normalized spacial score (nSPS) is 19.2. The first-order valence-electron chi connectivity index (χ1n) is 6.89. The first-order chi connectivity index (χ1) is 8.58. The van der Waals surface area contributed by atoms with Crippen molar-refractivity contribution >= 4 is 5.78 Å². The first-order valence-corrected chi connectivity index (χ1v) is 6.89. The van der Waals surface area contributed by atoms with Crippen molar-refractivity contribution in [2.45, 2.75) is 40.0 Å². The van der Waals surface area contributed by atoms with Gasteiger partial charge in [0.25, 0.3) is 0 Å². The molecule has 2 nitrogen and oxygen atoms in total. The van der Waals surface area contributed by atoms with Gasteiger partial charge < -0.3 is 5.32 Å². The van der Waals surface area contributed by atoms with Crippen molar-refractivity contribution in [2.24, 2.45) is 5.92 Å². The van der Waals surface area contributed by atoms with Crippen molar-refractivity contribution in [2.75, 3.05) is 13.1 Å². The topological polar surface area (TPSA) is 29.1 Å². The van der Waals surface area contributed by atoms with E-state index in [9.17, 15) is 4.79 Å². The Morgan fingerprint density at radius 2 is 1.94 bits per heavy atom. The van der Waals surface area contributed by atoms with Crippen LogP contribution in [0.25, 0.3) is 0 Å². The zero-order valence-electron chi connectivity index (χ0n) is 11.7. The van der Waals surface area contributed by atoms with Crippen molar-refractivity contribution in [1.29, 1.82) is 0 Å². The highest BCUT2D eigenvalue weighted by Gasteiger charge is 2.17. The lowest BCUT2D eigenvalue weighted by Crippen LogP contribution is -2.11. The highest BCUT2D eigenvalue weighted by molar-refractivity contribution is 5.97. The minimum atomic E-state index is 0.308. The third-order valence-electron chi connectivity index (χ3n) is 4.08. The average Bonchev–Trinajstić information content (AvgIpc) is 2.84. The monoisotopic (exact) mass is 245 g/mol. The number of carbonyl (C=O) groups is 1. The van der Waals surface area contributed by atoms with E-state index in [1.807, 2.05) is 6.92 Å². The smallest absolute Gasteiger partial charge is 0.163 e. The second kappa shape index (κ2) is 5.66. The van der Waals surface area contributed by atoms with Crippen LogP contribution < -0.4 is 5.32 Å². The predicted molar refractivity (Wildman–Crippen MR) is 75.2 cm³/mol. The first kappa shape index (κ1) is 13.3. The summed E-state index contributed by atoms with van der Waals surface area (Å²) in [5.41, 5.74) is 4.52. The van der Waals surface area contributed by atoms with Crippen molar-refractivity contribution < 1.29 is 4.79 Å². The predicted octanol–water partition coefficient (Wildman–Crippen LogP) is 3.18. The molecule has 2 rings (SSSR count). The Kier molecular flexibility index (Phi) is 4.18. The van der Waals surface area contributed by atoms with E-state index < -0.39 is 0 Å². The lowest BCUT2D eigenvalue weighted by Gasteiger charge is -2.11. The number of nitrogens with one attached hydrogen (secondary N) is 1. The summed E-state index contributed by atoms with van der Waals surface area (Å²) in [6.07, 6.45) is 2.94. The van der Waals surface area contributed by atoms with Gasteiger partial charge in [-0.1, -0.05) is 6.07 Å². The molecule has 1 atom stereocenters. The number of carbonyl (C=O) groups excluding carboxylic acids is 1. The van der Waals surface area contributed by atoms with Gasteiger partial charge in [-0.2, -0.15) is 0 Å². The summed E-state index contributed by atoms with van der Waals surface area (Å²) in [5.74, 6) is 1.00. The van der Waals surface area contributed by atoms with Gasteiger partial charge in [0.2, 0.25) is 0 Å². The van der Waals surface area contributed by atoms with Gasteiger partial charge in [0.15, 0.2) is 5.78 Å². The van der Waals surface area contributed by atoms with Crippen LogP contribution in [0.4, 0.5) is 0 Å². The van der Waals surface area contributed by atoms with E-state index in [0.717, 1.165) is 30.6 Å². The van der Waals surface area contributed by atoms with E-state index in [2.05, 4.69) is 31.3 Å². The molecule has 1 N–H and O–H groups in total. The molecule has 0 radical (unpaired) electrons. The number of benzene rings is 1. The molecule has 0 aromatic heterocycles. The van der Waals surface area contributed by atoms with Gasteiger partial charge in [-0.15, -0.1) is 0 Å². The van der Waals surface area contributed by atoms with Gasteiger partial charge in [-0.05, 0) is 75.4 Å². The maximum absolute atomic E-state index is 12.3. The highest BCUT2D eigenvalue weighted by Crippen LogP contribution is 2.20. The molecule has 2 heteroatoms. The van der Waals surface area contributed by atoms with Crippen LogP contribution in [0.3, 0.4) is 0 Å². The van der Waals surface area contributed by atoms with Crippen LogP contribution in [0, 0.1) is 26.7 Å². The highest BCUT2D eigenvalue weighted by atomic mass is 16.1. The number of rotatable bonds is 4. The Morgan fingerprint density at radius 1 is 1.22 bits per heavy atom. The molecule has 18 heavy (non-hydrogen) atoms. The fourth-order valence-corrected chi connectivity index (χ4v) is 2.69. The summed E-state index contributed by atoms with van der Waals surface area (Å²) < 4.78 is 0. The zero-order valence-corrected chi connectivity index (χ0v) is 11.7. The lowest BCUT2D eigenvalue weighted by atomic mass is 9.93. The van der Waals surface area contributed by atoms with Crippen LogP contribution in [-0.4, -0.2) is 18.9 Å². The Morgan fingerprint density at radius 3 is 2.61 bits per heavy atom. The molecule has 1 aliphatic heterocycles. The Bertz CT molecular complexity index is 445. The molecule has 1 unspecified atom stereocenters. The van der Waals surface area contributed by atoms with Gasteiger partial charge in [-0.3, -0.25) is 4.79 Å². The van der Waals surface area contributed by atoms with Crippen LogP contribution in [0.2, 0.25) is 0 Å². The van der Waals surface area contributed by atoms with Gasteiger partial charge in [0.05, 0.1) is 0 Å². The number of ketones is 1. The van der Waals surface area contributed by atoms with E-state index >= 15 is 0 Å². The van der Waals surface area contributed by atoms with Gasteiger partial charge in [0.1, 0.15) is 0 Å². The van der Waals surface area contributed by atoms with Crippen molar-refractivity contribution in [1.82, 2.24) is 5.32 Å². The van der Waals surface area contributed by atoms with Crippen LogP contribution >= 0.6 is 0 Å². The Hall–Kier alpha value is -1.15. The molecule has 0 spiro atoms. The SMILES string of the molecule is Cc1cc(C)c(C(=O)CCC2CCNC2)cc1C. The summed E-state index contributed by atoms with van der Waals surface area (Å²) in [7, 11) is 0. The fourth-order valence-electron chi connectivity index (χ4n) is 2.69. The number of Topliss-reactive ketones (excluding diaryl/α,β-unsaturated/α-hetero) is 1. The molecule has 0 saturated carbocycles. The molecule has 1 aliphatic rings. The molecule has 0 amide bonds. The fraction of sp³-hybridized carbons (Fsp3) is 0.562. The van der Waals surface area contributed by atoms with Crippen LogP contribution in [0.1, 0.15) is 46.3 Å². The number of aryl methyl sites for hydroxylation is 3. The average molecular weight is 245 g/mol. The van der Waals surface area contributed by atoms with Gasteiger partial charge in [0, 0.05) is 12.0 Å². The van der Waals surface area contributed by atoms with E-state index in [1.165, 1.54) is 17.5 Å².